The van der Waals surface area contributed by atoms with Gasteiger partial charge < -0.3 is 10.6 Å². The minimum Gasteiger partial charge on any atom is -0.396 e. The summed E-state index contributed by atoms with van der Waals surface area (Å²) >= 11 is 1.67. The Morgan fingerprint density at radius 2 is 1.95 bits per heavy atom. The number of nitrogen functional groups attached to an aromatic ring is 1. The van der Waals surface area contributed by atoms with Crippen molar-refractivity contribution in [1.82, 2.24) is 0 Å². The molecule has 4 nitrogen and oxygen atoms in total. The number of sulfone groups is 1. The molecule has 108 valence electrons. The molecule has 0 aliphatic carbocycles. The van der Waals surface area contributed by atoms with Gasteiger partial charge in [-0.3, -0.25) is 0 Å². The quantitative estimate of drug-likeness (QED) is 0.882. The lowest BCUT2D eigenvalue weighted by molar-refractivity contribution is 0.602. The Hall–Kier alpha value is -1.53. The number of rotatable bonds is 4. The molecule has 0 spiro atoms. The molecule has 20 heavy (non-hydrogen) atoms. The first-order valence-corrected chi connectivity index (χ1v) is 8.94. The van der Waals surface area contributed by atoms with Crippen LogP contribution in [0.5, 0.6) is 0 Å². The Balaban J connectivity index is 2.43. The molecule has 6 heteroatoms. The van der Waals surface area contributed by atoms with E-state index in [2.05, 4.69) is 13.0 Å². The van der Waals surface area contributed by atoms with Crippen LogP contribution in [0.4, 0.5) is 11.4 Å². The van der Waals surface area contributed by atoms with E-state index in [1.54, 1.807) is 17.4 Å². The smallest absolute Gasteiger partial charge is 0.177 e. The largest absolute Gasteiger partial charge is 0.396 e. The van der Waals surface area contributed by atoms with Crippen LogP contribution in [-0.4, -0.2) is 21.7 Å². The molecular weight excluding hydrogens is 292 g/mol. The molecule has 0 bridgehead atoms. The van der Waals surface area contributed by atoms with Crippen LogP contribution < -0.4 is 10.6 Å². The van der Waals surface area contributed by atoms with Crippen molar-refractivity contribution in [3.63, 3.8) is 0 Å². The SMILES string of the molecule is CC(c1cccs1)N(C)c1cccc(S(C)(=O)=O)c1N. The molecule has 0 saturated carbocycles. The van der Waals surface area contributed by atoms with Crippen LogP contribution in [0.3, 0.4) is 0 Å². The van der Waals surface area contributed by atoms with Gasteiger partial charge in [0.2, 0.25) is 0 Å². The molecule has 2 aromatic rings. The number of hydrogen-bond acceptors (Lipinski definition) is 5. The monoisotopic (exact) mass is 310 g/mol. The molecule has 2 rings (SSSR count). The minimum absolute atomic E-state index is 0.132. The summed E-state index contributed by atoms with van der Waals surface area (Å²) in [7, 11) is -1.40. The Bertz CT molecular complexity index is 694. The van der Waals surface area contributed by atoms with Crippen LogP contribution in [-0.2, 0) is 9.84 Å². The summed E-state index contributed by atoms with van der Waals surface area (Å²) in [5.74, 6) is 0. The topological polar surface area (TPSA) is 63.4 Å². The fraction of sp³-hybridized carbons (Fsp3) is 0.286. The highest BCUT2D eigenvalue weighted by Gasteiger charge is 2.19. The highest BCUT2D eigenvalue weighted by molar-refractivity contribution is 7.90. The Kier molecular flexibility index (Phi) is 4.06. The molecule has 1 atom stereocenters. The van der Waals surface area contributed by atoms with Crippen molar-refractivity contribution in [3.8, 4) is 0 Å². The summed E-state index contributed by atoms with van der Waals surface area (Å²) in [4.78, 5) is 3.38. The van der Waals surface area contributed by atoms with Crippen molar-refractivity contribution in [1.29, 1.82) is 0 Å². The normalized spacial score (nSPS) is 13.2. The van der Waals surface area contributed by atoms with Crippen LogP contribution in [0.25, 0.3) is 0 Å². The van der Waals surface area contributed by atoms with Gasteiger partial charge in [-0.05, 0) is 30.5 Å². The Morgan fingerprint density at radius 3 is 2.50 bits per heavy atom. The van der Waals surface area contributed by atoms with Crippen molar-refractivity contribution < 1.29 is 8.42 Å². The van der Waals surface area contributed by atoms with Gasteiger partial charge >= 0.3 is 0 Å². The van der Waals surface area contributed by atoms with Crippen LogP contribution in [0, 0.1) is 0 Å². The second-order valence-electron chi connectivity index (χ2n) is 4.76. The zero-order valence-corrected chi connectivity index (χ0v) is 13.3. The fourth-order valence-corrected chi connectivity index (χ4v) is 3.75. The molecule has 0 radical (unpaired) electrons. The minimum atomic E-state index is -3.32. The predicted octanol–water partition coefficient (Wildman–Crippen LogP) is 2.93. The molecule has 1 aromatic heterocycles. The Morgan fingerprint density at radius 1 is 1.25 bits per heavy atom. The fourth-order valence-electron chi connectivity index (χ4n) is 2.09. The van der Waals surface area contributed by atoms with E-state index in [0.29, 0.717) is 5.69 Å². The van der Waals surface area contributed by atoms with Crippen LogP contribution in [0.1, 0.15) is 17.8 Å². The van der Waals surface area contributed by atoms with Gasteiger partial charge in [0.15, 0.2) is 9.84 Å². The van der Waals surface area contributed by atoms with Crippen molar-refractivity contribution in [2.45, 2.75) is 17.9 Å². The summed E-state index contributed by atoms with van der Waals surface area (Å²) < 4.78 is 23.5. The van der Waals surface area contributed by atoms with Gasteiger partial charge in [-0.2, -0.15) is 0 Å². The number of nitrogens with zero attached hydrogens (tertiary/aromatic N) is 1. The van der Waals surface area contributed by atoms with Crippen LogP contribution in [0.2, 0.25) is 0 Å². The van der Waals surface area contributed by atoms with Gasteiger partial charge in [-0.25, -0.2) is 8.42 Å². The maximum absolute atomic E-state index is 11.7. The van der Waals surface area contributed by atoms with Crippen LogP contribution in [0.15, 0.2) is 40.6 Å². The van der Waals surface area contributed by atoms with E-state index in [-0.39, 0.29) is 10.9 Å². The first-order valence-electron chi connectivity index (χ1n) is 6.17. The summed E-state index contributed by atoms with van der Waals surface area (Å²) in [6.07, 6.45) is 1.17. The second-order valence-corrected chi connectivity index (χ2v) is 7.73. The lowest BCUT2D eigenvalue weighted by Gasteiger charge is -2.28. The van der Waals surface area contributed by atoms with E-state index >= 15 is 0 Å². The van der Waals surface area contributed by atoms with Crippen molar-refractivity contribution >= 4 is 32.5 Å². The molecule has 2 N–H and O–H groups in total. The summed E-state index contributed by atoms with van der Waals surface area (Å²) in [5.41, 5.74) is 7.08. The zero-order chi connectivity index (χ0) is 14.9. The molecule has 0 aliphatic heterocycles. The molecule has 0 aliphatic rings. The average Bonchev–Trinajstić information content (AvgIpc) is 2.89. The highest BCUT2D eigenvalue weighted by Crippen LogP contribution is 2.34. The Labute approximate surface area is 123 Å². The first-order chi connectivity index (χ1) is 9.32. The van der Waals surface area contributed by atoms with Gasteiger partial charge in [-0.1, -0.05) is 12.1 Å². The van der Waals surface area contributed by atoms with E-state index in [1.165, 1.54) is 17.2 Å². The van der Waals surface area contributed by atoms with Crippen molar-refractivity contribution in [3.05, 3.63) is 40.6 Å². The molecule has 1 aromatic carbocycles. The molecule has 1 unspecified atom stereocenters. The van der Waals surface area contributed by atoms with Gasteiger partial charge in [0.05, 0.1) is 22.3 Å². The number of hydrogen-bond donors (Lipinski definition) is 1. The molecule has 0 amide bonds. The van der Waals surface area contributed by atoms with E-state index in [9.17, 15) is 8.42 Å². The van der Waals surface area contributed by atoms with E-state index in [0.717, 1.165) is 5.69 Å². The summed E-state index contributed by atoms with van der Waals surface area (Å²) in [5, 5.41) is 2.02. The van der Waals surface area contributed by atoms with Gasteiger partial charge in [0.1, 0.15) is 0 Å². The lowest BCUT2D eigenvalue weighted by atomic mass is 10.2. The molecule has 0 saturated heterocycles. The predicted molar refractivity (Wildman–Crippen MR) is 85.1 cm³/mol. The van der Waals surface area contributed by atoms with E-state index < -0.39 is 9.84 Å². The number of benzene rings is 1. The second kappa shape index (κ2) is 5.46. The van der Waals surface area contributed by atoms with Gasteiger partial charge in [-0.15, -0.1) is 11.3 Å². The van der Waals surface area contributed by atoms with Crippen molar-refractivity contribution in [2.75, 3.05) is 23.9 Å². The number of para-hydroxylation sites is 1. The zero-order valence-electron chi connectivity index (χ0n) is 11.7. The lowest BCUT2D eigenvalue weighted by Crippen LogP contribution is -2.22. The van der Waals surface area contributed by atoms with E-state index in [1.807, 2.05) is 29.5 Å². The first kappa shape index (κ1) is 14.9. The van der Waals surface area contributed by atoms with E-state index in [4.69, 9.17) is 5.73 Å². The number of thiophene rings is 1. The van der Waals surface area contributed by atoms with Gasteiger partial charge in [0, 0.05) is 18.2 Å². The third kappa shape index (κ3) is 2.81. The number of anilines is 2. The van der Waals surface area contributed by atoms with Crippen LogP contribution >= 0.6 is 11.3 Å². The average molecular weight is 310 g/mol. The molecule has 0 fully saturated rings. The van der Waals surface area contributed by atoms with Crippen molar-refractivity contribution in [2.24, 2.45) is 0 Å². The third-order valence-electron chi connectivity index (χ3n) is 3.36. The molecular formula is C14H18N2O2S2. The maximum atomic E-state index is 11.7. The van der Waals surface area contributed by atoms with Gasteiger partial charge in [0.25, 0.3) is 0 Å². The molecule has 1 heterocycles. The standard InChI is InChI=1S/C14H18N2O2S2/c1-10(12-7-5-9-19-12)16(2)11-6-4-8-13(14(11)15)20(3,17)18/h4-10H,15H2,1-3H3. The maximum Gasteiger partial charge on any atom is 0.177 e. The highest BCUT2D eigenvalue weighted by atomic mass is 32.2. The third-order valence-corrected chi connectivity index (χ3v) is 5.56. The number of nitrogens with two attached hydrogens (primary N) is 1. The summed E-state index contributed by atoms with van der Waals surface area (Å²) in [6, 6.07) is 9.29. The summed E-state index contributed by atoms with van der Waals surface area (Å²) in [6.45, 7) is 2.07.